The summed E-state index contributed by atoms with van der Waals surface area (Å²) in [6, 6.07) is 1.53. The number of phenols is 1. The number of carbonyl (C=O) groups is 1. The van der Waals surface area contributed by atoms with E-state index in [1.54, 1.807) is 0 Å². The van der Waals surface area contributed by atoms with Crippen molar-refractivity contribution in [1.82, 2.24) is 0 Å². The molecule has 0 atom stereocenters. The van der Waals surface area contributed by atoms with Gasteiger partial charge in [0.05, 0.1) is 5.56 Å². The lowest BCUT2D eigenvalue weighted by atomic mass is 10.1. The average molecular weight is 171 g/mol. The van der Waals surface area contributed by atoms with Crippen molar-refractivity contribution < 1.29 is 19.4 Å². The fourth-order valence-electron chi connectivity index (χ4n) is 0.762. The number of aromatic carboxylic acids is 1. The molecule has 0 radical (unpaired) electrons. The minimum atomic E-state index is -1.30. The number of carboxylic acid groups (broad SMARTS) is 1. The fourth-order valence-corrected chi connectivity index (χ4v) is 0.762. The van der Waals surface area contributed by atoms with Crippen molar-refractivity contribution in [2.75, 3.05) is 5.73 Å². The van der Waals surface area contributed by atoms with E-state index >= 15 is 0 Å². The first-order valence-electron chi connectivity index (χ1n) is 3.03. The molecule has 0 saturated heterocycles. The topological polar surface area (TPSA) is 83.5 Å². The maximum Gasteiger partial charge on any atom is 0.337 e. The Bertz CT molecular complexity index is 338. The predicted molar refractivity (Wildman–Crippen MR) is 39.4 cm³/mol. The van der Waals surface area contributed by atoms with Crippen LogP contribution < -0.4 is 5.73 Å². The number of hydrogen-bond acceptors (Lipinski definition) is 3. The molecule has 0 bridgehead atoms. The van der Waals surface area contributed by atoms with E-state index in [-0.39, 0.29) is 11.3 Å². The highest BCUT2D eigenvalue weighted by Gasteiger charge is 2.11. The van der Waals surface area contributed by atoms with Gasteiger partial charge in [-0.3, -0.25) is 0 Å². The zero-order chi connectivity index (χ0) is 9.30. The van der Waals surface area contributed by atoms with Crippen molar-refractivity contribution >= 4 is 11.7 Å². The van der Waals surface area contributed by atoms with Crippen LogP contribution in [0.4, 0.5) is 10.1 Å². The van der Waals surface area contributed by atoms with Crippen LogP contribution in [0.3, 0.4) is 0 Å². The molecular formula is C7H6FNO3. The van der Waals surface area contributed by atoms with Crippen LogP contribution in [-0.2, 0) is 0 Å². The van der Waals surface area contributed by atoms with Crippen LogP contribution >= 0.6 is 0 Å². The van der Waals surface area contributed by atoms with Gasteiger partial charge in [0.1, 0.15) is 0 Å². The molecule has 0 amide bonds. The van der Waals surface area contributed by atoms with Gasteiger partial charge in [-0.15, -0.1) is 0 Å². The van der Waals surface area contributed by atoms with E-state index in [0.717, 1.165) is 12.1 Å². The monoisotopic (exact) mass is 171 g/mol. The molecule has 0 saturated carbocycles. The Morgan fingerprint density at radius 3 is 2.58 bits per heavy atom. The van der Waals surface area contributed by atoms with Crippen LogP contribution in [0, 0.1) is 5.82 Å². The second-order valence-electron chi connectivity index (χ2n) is 2.20. The molecule has 0 aliphatic heterocycles. The Balaban J connectivity index is 3.33. The molecule has 0 unspecified atom stereocenters. The number of rotatable bonds is 1. The van der Waals surface area contributed by atoms with E-state index in [2.05, 4.69) is 0 Å². The van der Waals surface area contributed by atoms with Gasteiger partial charge in [0.25, 0.3) is 0 Å². The fraction of sp³-hybridized carbons (Fsp3) is 0. The molecule has 0 fully saturated rings. The summed E-state index contributed by atoms with van der Waals surface area (Å²) in [6.07, 6.45) is 0. The number of hydrogen-bond donors (Lipinski definition) is 3. The average Bonchev–Trinajstić information content (AvgIpc) is 1.96. The molecule has 12 heavy (non-hydrogen) atoms. The second-order valence-corrected chi connectivity index (χ2v) is 2.20. The van der Waals surface area contributed by atoms with Crippen molar-refractivity contribution in [3.63, 3.8) is 0 Å². The SMILES string of the molecule is Nc1cc(F)c(O)cc1C(=O)O. The van der Waals surface area contributed by atoms with Gasteiger partial charge < -0.3 is 15.9 Å². The molecule has 64 valence electrons. The molecular weight excluding hydrogens is 165 g/mol. The molecule has 4 nitrogen and oxygen atoms in total. The first kappa shape index (κ1) is 8.32. The van der Waals surface area contributed by atoms with Crippen LogP contribution in [0.5, 0.6) is 5.75 Å². The van der Waals surface area contributed by atoms with Crippen LogP contribution in [0.1, 0.15) is 10.4 Å². The summed E-state index contributed by atoms with van der Waals surface area (Å²) < 4.78 is 12.5. The Kier molecular flexibility index (Phi) is 1.86. The highest BCUT2D eigenvalue weighted by atomic mass is 19.1. The number of nitrogen functional groups attached to an aromatic ring is 1. The minimum absolute atomic E-state index is 0.210. The lowest BCUT2D eigenvalue weighted by Gasteiger charge is -2.01. The van der Waals surface area contributed by atoms with E-state index in [0.29, 0.717) is 0 Å². The summed E-state index contributed by atoms with van der Waals surface area (Å²) in [5.74, 6) is -2.96. The standard InChI is InChI=1S/C7H6FNO3/c8-4-2-5(9)3(7(11)12)1-6(4)10/h1-2,10H,9H2,(H,11,12). The Morgan fingerprint density at radius 1 is 1.50 bits per heavy atom. The van der Waals surface area contributed by atoms with Crippen molar-refractivity contribution in [3.8, 4) is 5.75 Å². The molecule has 0 spiro atoms. The third kappa shape index (κ3) is 1.29. The van der Waals surface area contributed by atoms with Crippen LogP contribution in [-0.4, -0.2) is 16.2 Å². The molecule has 4 N–H and O–H groups in total. The molecule has 1 rings (SSSR count). The van der Waals surface area contributed by atoms with Gasteiger partial charge in [0, 0.05) is 11.8 Å². The number of anilines is 1. The quantitative estimate of drug-likeness (QED) is 0.431. The number of halogens is 1. The molecule has 0 aliphatic carbocycles. The van der Waals surface area contributed by atoms with Gasteiger partial charge in [-0.05, 0) is 6.07 Å². The maximum absolute atomic E-state index is 12.5. The van der Waals surface area contributed by atoms with Gasteiger partial charge in [-0.1, -0.05) is 0 Å². The summed E-state index contributed by atoms with van der Waals surface area (Å²) in [7, 11) is 0. The summed E-state index contributed by atoms with van der Waals surface area (Å²) in [5, 5.41) is 17.2. The number of nitrogens with two attached hydrogens (primary N) is 1. The summed E-state index contributed by atoms with van der Waals surface area (Å²) in [4.78, 5) is 10.4. The first-order chi connectivity index (χ1) is 5.52. The molecule has 0 aromatic heterocycles. The molecule has 5 heteroatoms. The molecule has 0 heterocycles. The predicted octanol–water partition coefficient (Wildman–Crippen LogP) is 0.812. The van der Waals surface area contributed by atoms with Gasteiger partial charge in [0.2, 0.25) is 0 Å². The normalized spacial score (nSPS) is 9.75. The van der Waals surface area contributed by atoms with Crippen molar-refractivity contribution in [1.29, 1.82) is 0 Å². The Morgan fingerprint density at radius 2 is 2.08 bits per heavy atom. The van der Waals surface area contributed by atoms with E-state index in [1.807, 2.05) is 0 Å². The lowest BCUT2D eigenvalue weighted by molar-refractivity contribution is 0.0697. The third-order valence-corrected chi connectivity index (χ3v) is 1.35. The second kappa shape index (κ2) is 2.69. The largest absolute Gasteiger partial charge is 0.505 e. The summed E-state index contributed by atoms with van der Waals surface area (Å²) in [6.45, 7) is 0. The zero-order valence-corrected chi connectivity index (χ0v) is 5.91. The Labute approximate surface area is 67.1 Å². The minimum Gasteiger partial charge on any atom is -0.505 e. The smallest absolute Gasteiger partial charge is 0.337 e. The van der Waals surface area contributed by atoms with Gasteiger partial charge in [-0.2, -0.15) is 0 Å². The molecule has 0 aliphatic rings. The molecule has 1 aromatic rings. The van der Waals surface area contributed by atoms with E-state index in [1.165, 1.54) is 0 Å². The highest BCUT2D eigenvalue weighted by Crippen LogP contribution is 2.22. The Hall–Kier alpha value is -1.78. The van der Waals surface area contributed by atoms with Crippen LogP contribution in [0.2, 0.25) is 0 Å². The number of carboxylic acids is 1. The first-order valence-corrected chi connectivity index (χ1v) is 3.03. The van der Waals surface area contributed by atoms with Crippen molar-refractivity contribution in [3.05, 3.63) is 23.5 Å². The number of aromatic hydroxyl groups is 1. The number of benzene rings is 1. The number of phenolic OH excluding ortho intramolecular Hbond substituents is 1. The van der Waals surface area contributed by atoms with E-state index in [4.69, 9.17) is 15.9 Å². The van der Waals surface area contributed by atoms with Gasteiger partial charge in [-0.25, -0.2) is 9.18 Å². The van der Waals surface area contributed by atoms with E-state index in [9.17, 15) is 9.18 Å². The summed E-state index contributed by atoms with van der Waals surface area (Å²) >= 11 is 0. The maximum atomic E-state index is 12.5. The van der Waals surface area contributed by atoms with Crippen LogP contribution in [0.25, 0.3) is 0 Å². The van der Waals surface area contributed by atoms with Gasteiger partial charge in [0.15, 0.2) is 11.6 Å². The highest BCUT2D eigenvalue weighted by molar-refractivity contribution is 5.94. The summed E-state index contributed by atoms with van der Waals surface area (Å²) in [5.41, 5.74) is 4.64. The lowest BCUT2D eigenvalue weighted by Crippen LogP contribution is -2.02. The van der Waals surface area contributed by atoms with Gasteiger partial charge >= 0.3 is 5.97 Å². The zero-order valence-electron chi connectivity index (χ0n) is 5.91. The molecule has 1 aromatic carbocycles. The van der Waals surface area contributed by atoms with Crippen molar-refractivity contribution in [2.45, 2.75) is 0 Å². The van der Waals surface area contributed by atoms with E-state index < -0.39 is 17.5 Å². The van der Waals surface area contributed by atoms with Crippen molar-refractivity contribution in [2.24, 2.45) is 0 Å². The van der Waals surface area contributed by atoms with Crippen LogP contribution in [0.15, 0.2) is 12.1 Å². The third-order valence-electron chi connectivity index (χ3n) is 1.35.